The number of benzene rings is 1. The quantitative estimate of drug-likeness (QED) is 0.587. The molecule has 1 unspecified atom stereocenters. The third-order valence-corrected chi connectivity index (χ3v) is 6.51. The lowest BCUT2D eigenvalue weighted by molar-refractivity contribution is 0.0941. The van der Waals surface area contributed by atoms with Gasteiger partial charge in [-0.2, -0.15) is 0 Å². The molecule has 0 saturated carbocycles. The summed E-state index contributed by atoms with van der Waals surface area (Å²) in [7, 11) is 0. The van der Waals surface area contributed by atoms with Crippen molar-refractivity contribution in [3.8, 4) is 0 Å². The number of aromatic nitrogens is 4. The first kappa shape index (κ1) is 18.7. The summed E-state index contributed by atoms with van der Waals surface area (Å²) in [6.07, 6.45) is 2.93. The molecule has 0 spiro atoms. The highest BCUT2D eigenvalue weighted by molar-refractivity contribution is 7.98. The Hall–Kier alpha value is -1.61. The minimum absolute atomic E-state index is 0.102. The molecular weight excluding hydrogens is 404 g/mol. The highest BCUT2D eigenvalue weighted by atomic mass is 35.5. The zero-order chi connectivity index (χ0) is 18.6. The molecule has 3 heterocycles. The molecular formula is C18H19ClN4O2S2. The van der Waals surface area contributed by atoms with Gasteiger partial charge in [0, 0.05) is 29.2 Å². The van der Waals surface area contributed by atoms with E-state index in [0.717, 1.165) is 41.6 Å². The number of halogens is 1. The Bertz CT molecular complexity index is 945. The number of thioether (sulfide) groups is 1. The lowest BCUT2D eigenvalue weighted by Crippen LogP contribution is -2.24. The number of hydrogen-bond donors (Lipinski definition) is 1. The Labute approximate surface area is 169 Å². The van der Waals surface area contributed by atoms with Crippen molar-refractivity contribution in [2.75, 3.05) is 6.61 Å². The zero-order valence-corrected chi connectivity index (χ0v) is 16.9. The summed E-state index contributed by atoms with van der Waals surface area (Å²) in [5, 5.41) is 11.2. The molecule has 6 nitrogen and oxygen atoms in total. The first-order valence-electron chi connectivity index (χ1n) is 8.75. The number of H-pyrrole nitrogens is 1. The van der Waals surface area contributed by atoms with Gasteiger partial charge in [0.25, 0.3) is 0 Å². The Balaban J connectivity index is 1.37. The number of rotatable bonds is 7. The van der Waals surface area contributed by atoms with Gasteiger partial charge in [0.15, 0.2) is 5.16 Å². The predicted molar refractivity (Wildman–Crippen MR) is 108 cm³/mol. The smallest absolute Gasteiger partial charge is 0.344 e. The van der Waals surface area contributed by atoms with Crippen LogP contribution in [0.4, 0.5) is 0 Å². The topological polar surface area (TPSA) is 72.8 Å². The van der Waals surface area contributed by atoms with E-state index in [1.807, 2.05) is 24.3 Å². The average molecular weight is 423 g/mol. The molecule has 9 heteroatoms. The van der Waals surface area contributed by atoms with E-state index in [9.17, 15) is 4.79 Å². The Morgan fingerprint density at radius 1 is 1.37 bits per heavy atom. The SMILES string of the molecule is O=c1[nH]nc(SCc2csc(Cc3ccc(Cl)cc3)n2)n1CC1CCCO1. The third kappa shape index (κ3) is 4.82. The second-order valence-electron chi connectivity index (χ2n) is 6.38. The molecule has 0 bridgehead atoms. The molecule has 1 N–H and O–H groups in total. The third-order valence-electron chi connectivity index (χ3n) is 4.35. The lowest BCUT2D eigenvalue weighted by Gasteiger charge is -2.10. The maximum Gasteiger partial charge on any atom is 0.344 e. The molecule has 1 aliphatic heterocycles. The van der Waals surface area contributed by atoms with Gasteiger partial charge in [-0.05, 0) is 30.5 Å². The van der Waals surface area contributed by atoms with E-state index >= 15 is 0 Å². The van der Waals surface area contributed by atoms with Crippen molar-refractivity contribution >= 4 is 34.7 Å². The second kappa shape index (κ2) is 8.60. The van der Waals surface area contributed by atoms with Crippen LogP contribution in [0.3, 0.4) is 0 Å². The van der Waals surface area contributed by atoms with Crippen LogP contribution in [0, 0.1) is 0 Å². The molecule has 27 heavy (non-hydrogen) atoms. The van der Waals surface area contributed by atoms with E-state index in [1.54, 1.807) is 15.9 Å². The van der Waals surface area contributed by atoms with E-state index in [2.05, 4.69) is 15.6 Å². The first-order valence-corrected chi connectivity index (χ1v) is 11.0. The lowest BCUT2D eigenvalue weighted by atomic mass is 10.2. The van der Waals surface area contributed by atoms with Gasteiger partial charge in [0.2, 0.25) is 0 Å². The number of nitrogens with one attached hydrogen (secondary N) is 1. The van der Waals surface area contributed by atoms with Crippen LogP contribution in [-0.4, -0.2) is 32.5 Å². The molecule has 142 valence electrons. The number of thiazole rings is 1. The Kier molecular flexibility index (Phi) is 5.97. The summed E-state index contributed by atoms with van der Waals surface area (Å²) < 4.78 is 7.31. The van der Waals surface area contributed by atoms with E-state index < -0.39 is 0 Å². The summed E-state index contributed by atoms with van der Waals surface area (Å²) in [6, 6.07) is 7.83. The fourth-order valence-corrected chi connectivity index (χ4v) is 4.89. The molecule has 2 aromatic heterocycles. The van der Waals surface area contributed by atoms with Gasteiger partial charge >= 0.3 is 5.69 Å². The second-order valence-corrected chi connectivity index (χ2v) is 8.70. The summed E-state index contributed by atoms with van der Waals surface area (Å²) in [5.41, 5.74) is 1.99. The fourth-order valence-electron chi connectivity index (χ4n) is 2.98. The van der Waals surface area contributed by atoms with Crippen molar-refractivity contribution < 1.29 is 4.74 Å². The molecule has 1 saturated heterocycles. The minimum atomic E-state index is -0.185. The number of ether oxygens (including phenoxy) is 1. The van der Waals surface area contributed by atoms with Crippen LogP contribution in [0.2, 0.25) is 5.02 Å². The van der Waals surface area contributed by atoms with Crippen LogP contribution >= 0.6 is 34.7 Å². The number of aromatic amines is 1. The zero-order valence-electron chi connectivity index (χ0n) is 14.6. The molecule has 1 aromatic carbocycles. The predicted octanol–water partition coefficient (Wildman–Crippen LogP) is 3.74. The van der Waals surface area contributed by atoms with Crippen LogP contribution in [0.25, 0.3) is 0 Å². The Morgan fingerprint density at radius 2 is 2.22 bits per heavy atom. The van der Waals surface area contributed by atoms with E-state index in [4.69, 9.17) is 21.3 Å². The minimum Gasteiger partial charge on any atom is -0.376 e. The van der Waals surface area contributed by atoms with Crippen molar-refractivity contribution in [2.24, 2.45) is 0 Å². The van der Waals surface area contributed by atoms with Crippen LogP contribution in [0.15, 0.2) is 39.6 Å². The van der Waals surface area contributed by atoms with Crippen molar-refractivity contribution in [1.82, 2.24) is 19.7 Å². The summed E-state index contributed by atoms with van der Waals surface area (Å²) >= 11 is 9.09. The normalized spacial score (nSPS) is 16.9. The highest BCUT2D eigenvalue weighted by Gasteiger charge is 2.19. The van der Waals surface area contributed by atoms with Crippen LogP contribution in [0.1, 0.15) is 29.1 Å². The van der Waals surface area contributed by atoms with E-state index in [1.165, 1.54) is 17.3 Å². The molecule has 0 radical (unpaired) electrons. The number of nitrogens with zero attached hydrogens (tertiary/aromatic N) is 3. The van der Waals surface area contributed by atoms with Crippen molar-refractivity contribution in [3.63, 3.8) is 0 Å². The summed E-state index contributed by atoms with van der Waals surface area (Å²) in [4.78, 5) is 16.7. The van der Waals surface area contributed by atoms with Gasteiger partial charge in [0.05, 0.1) is 23.4 Å². The monoisotopic (exact) mass is 422 g/mol. The number of hydrogen-bond acceptors (Lipinski definition) is 6. The van der Waals surface area contributed by atoms with Crippen LogP contribution in [0.5, 0.6) is 0 Å². The fraction of sp³-hybridized carbons (Fsp3) is 0.389. The van der Waals surface area contributed by atoms with Gasteiger partial charge in [-0.15, -0.1) is 16.4 Å². The summed E-state index contributed by atoms with van der Waals surface area (Å²) in [5.74, 6) is 0.674. The molecule has 1 atom stereocenters. The van der Waals surface area contributed by atoms with Gasteiger partial charge < -0.3 is 4.74 Å². The highest BCUT2D eigenvalue weighted by Crippen LogP contribution is 2.24. The van der Waals surface area contributed by atoms with Gasteiger partial charge in [0.1, 0.15) is 0 Å². The summed E-state index contributed by atoms with van der Waals surface area (Å²) in [6.45, 7) is 1.32. The largest absolute Gasteiger partial charge is 0.376 e. The maximum atomic E-state index is 12.0. The van der Waals surface area contributed by atoms with Crippen LogP contribution in [-0.2, 0) is 23.5 Å². The molecule has 0 aliphatic carbocycles. The van der Waals surface area contributed by atoms with Crippen LogP contribution < -0.4 is 5.69 Å². The van der Waals surface area contributed by atoms with Gasteiger partial charge in [-0.1, -0.05) is 35.5 Å². The Morgan fingerprint density at radius 3 is 3.00 bits per heavy atom. The average Bonchev–Trinajstić information content (AvgIpc) is 3.40. The molecule has 4 rings (SSSR count). The molecule has 1 fully saturated rings. The van der Waals surface area contributed by atoms with Crippen molar-refractivity contribution in [3.05, 3.63) is 61.4 Å². The van der Waals surface area contributed by atoms with Gasteiger partial charge in [-0.25, -0.2) is 14.9 Å². The van der Waals surface area contributed by atoms with E-state index in [0.29, 0.717) is 17.5 Å². The molecule has 0 amide bonds. The van der Waals surface area contributed by atoms with Crippen molar-refractivity contribution in [1.29, 1.82) is 0 Å². The van der Waals surface area contributed by atoms with Crippen molar-refractivity contribution in [2.45, 2.75) is 42.8 Å². The van der Waals surface area contributed by atoms with E-state index in [-0.39, 0.29) is 11.8 Å². The molecule has 3 aromatic rings. The maximum absolute atomic E-state index is 12.0. The molecule has 1 aliphatic rings. The first-order chi connectivity index (χ1) is 13.2. The standard InChI is InChI=1S/C18H19ClN4O2S2/c19-13-5-3-12(4-6-13)8-16-20-14(10-26-16)11-27-18-22-21-17(24)23(18)9-15-2-1-7-25-15/h3-6,10,15H,1-2,7-9,11H2,(H,21,24). The van der Waals surface area contributed by atoms with Gasteiger partial charge in [-0.3, -0.25) is 4.57 Å².